The van der Waals surface area contributed by atoms with Gasteiger partial charge in [0.05, 0.1) is 47.9 Å². The first kappa shape index (κ1) is 39.8. The van der Waals surface area contributed by atoms with Gasteiger partial charge in [-0.15, -0.1) is 16.4 Å². The van der Waals surface area contributed by atoms with Gasteiger partial charge in [-0.1, -0.05) is 38.1 Å². The molecule has 2 aliphatic heterocycles. The van der Waals surface area contributed by atoms with Crippen LogP contribution in [-0.2, 0) is 30.3 Å². The maximum atomic E-state index is 13.8. The van der Waals surface area contributed by atoms with Gasteiger partial charge in [0.2, 0.25) is 5.91 Å². The molecule has 1 aromatic carbocycles. The minimum Gasteiger partial charge on any atom is -0.438 e. The molecule has 9 atom stereocenters. The van der Waals surface area contributed by atoms with E-state index in [-0.39, 0.29) is 24.0 Å². The number of Topliss-reactive ketones (excluding diaryl/α,β-unsaturated/α-hetero) is 1. The molecule has 5 rings (SSSR count). The highest BCUT2D eigenvalue weighted by molar-refractivity contribution is 7.21. The van der Waals surface area contributed by atoms with E-state index in [1.807, 2.05) is 58.2 Å². The van der Waals surface area contributed by atoms with E-state index < -0.39 is 53.5 Å². The summed E-state index contributed by atoms with van der Waals surface area (Å²) in [5.41, 5.74) is -0.501. The Bertz CT molecular complexity index is 1690. The molecule has 0 saturated carbocycles. The summed E-state index contributed by atoms with van der Waals surface area (Å²) in [6.07, 6.45) is 1.25. The van der Waals surface area contributed by atoms with Crippen molar-refractivity contribution in [2.24, 2.45) is 11.8 Å². The van der Waals surface area contributed by atoms with E-state index in [0.717, 1.165) is 15.2 Å². The fraction of sp³-hybridized carbons (Fsp3) is 0.676. The van der Waals surface area contributed by atoms with Crippen LogP contribution >= 0.6 is 11.3 Å². The summed E-state index contributed by atoms with van der Waals surface area (Å²) in [7, 11) is 8.15. The predicted molar refractivity (Wildman–Crippen MR) is 199 cm³/mol. The van der Waals surface area contributed by atoms with Crippen LogP contribution in [0.15, 0.2) is 30.5 Å². The third-order valence-electron chi connectivity index (χ3n) is 11.1. The summed E-state index contributed by atoms with van der Waals surface area (Å²) in [6, 6.07) is 6.83. The molecule has 2 amide bonds. The molecule has 2 aliphatic rings. The standard InChI is InChI=1S/C37H53BN6O7S/c1-9-31-37(7)32(24(4)44(25(5)45)20-22(2)19-36(6,49-8)30(38)18-28(46)23(3)34(47)50-31)43(35(48)51-37)17-13-12-16-42-21-27(40-41-42)33-39-26-14-10-11-15-29(26)52-33/h10-11,14-15,21-24,30-32,34,47H,9,12-13,16-20H2,1-8H3/t22-,23-,24-,30-,31-,32-,34?,36-,37-/m1/s1. The highest BCUT2D eigenvalue weighted by Gasteiger charge is 2.59. The topological polar surface area (TPSA) is 149 Å². The molecule has 0 spiro atoms. The number of amides is 2. The lowest BCUT2D eigenvalue weighted by Gasteiger charge is -2.45. The Balaban J connectivity index is 1.38. The molecule has 2 aromatic heterocycles. The lowest BCUT2D eigenvalue weighted by molar-refractivity contribution is -0.210. The van der Waals surface area contributed by atoms with Crippen molar-refractivity contribution in [1.29, 1.82) is 0 Å². The lowest BCUT2D eigenvalue weighted by Crippen LogP contribution is -2.62. The number of carbonyl (C=O) groups is 3. The Morgan fingerprint density at radius 3 is 2.54 bits per heavy atom. The maximum Gasteiger partial charge on any atom is 0.410 e. The molecule has 2 saturated heterocycles. The molecule has 13 nitrogen and oxygen atoms in total. The van der Waals surface area contributed by atoms with E-state index in [2.05, 4.69) is 15.3 Å². The molecular formula is C37H53BN6O7S. The first-order chi connectivity index (χ1) is 24.6. The minimum atomic E-state index is -1.47. The van der Waals surface area contributed by atoms with E-state index in [1.54, 1.807) is 46.8 Å². The van der Waals surface area contributed by atoms with E-state index in [9.17, 15) is 19.5 Å². The number of fused-ring (bicyclic) bond motifs is 2. The lowest BCUT2D eigenvalue weighted by atomic mass is 9.67. The number of hydrogen-bond donors (Lipinski definition) is 1. The van der Waals surface area contributed by atoms with Crippen molar-refractivity contribution in [1.82, 2.24) is 29.8 Å². The number of carbonyl (C=O) groups excluding carboxylic acids is 3. The van der Waals surface area contributed by atoms with Gasteiger partial charge in [0, 0.05) is 40.1 Å². The molecule has 2 fully saturated rings. The Morgan fingerprint density at radius 2 is 1.87 bits per heavy atom. The zero-order chi connectivity index (χ0) is 38.0. The number of rotatable bonds is 8. The number of hydrogen-bond acceptors (Lipinski definition) is 11. The van der Waals surface area contributed by atoms with Crippen LogP contribution in [0.25, 0.3) is 20.9 Å². The zero-order valence-corrected chi connectivity index (χ0v) is 32.5. The van der Waals surface area contributed by atoms with Gasteiger partial charge in [-0.2, -0.15) is 0 Å². The fourth-order valence-electron chi connectivity index (χ4n) is 7.93. The second-order valence-electron chi connectivity index (χ2n) is 15.0. The number of ether oxygens (including phenoxy) is 3. The highest BCUT2D eigenvalue weighted by atomic mass is 32.1. The van der Waals surface area contributed by atoms with Gasteiger partial charge >= 0.3 is 6.09 Å². The third kappa shape index (κ3) is 8.22. The van der Waals surface area contributed by atoms with Crippen molar-refractivity contribution in [3.63, 3.8) is 0 Å². The number of ketones is 1. The van der Waals surface area contributed by atoms with Gasteiger partial charge in [0.25, 0.3) is 0 Å². The van der Waals surface area contributed by atoms with E-state index >= 15 is 0 Å². The van der Waals surface area contributed by atoms with Crippen LogP contribution in [-0.4, -0.2) is 116 Å². The number of aliphatic hydroxyl groups is 1. The van der Waals surface area contributed by atoms with Crippen LogP contribution in [0.4, 0.5) is 4.79 Å². The van der Waals surface area contributed by atoms with Crippen LogP contribution in [0.1, 0.15) is 80.6 Å². The van der Waals surface area contributed by atoms with Crippen LogP contribution in [0.3, 0.4) is 0 Å². The summed E-state index contributed by atoms with van der Waals surface area (Å²) < 4.78 is 21.2. The Hall–Kier alpha value is -3.40. The SMILES string of the molecule is [B][C@@H]1CC(=O)[C@@H](C)C(O)O[C@H](CC)[C@@]2(C)OC(=O)N(CCCCn3cc(-c4nc5ccccc5s4)nn3)[C@@H]2[C@@H](C)N(C(C)=O)C[C@H](C)C[C@@]1(C)OC. The maximum absolute atomic E-state index is 13.8. The number of nitrogens with zero attached hydrogens (tertiary/aromatic N) is 6. The van der Waals surface area contributed by atoms with Gasteiger partial charge in [0.15, 0.2) is 11.9 Å². The van der Waals surface area contributed by atoms with Crippen LogP contribution in [0.5, 0.6) is 0 Å². The monoisotopic (exact) mass is 736 g/mol. The molecule has 52 heavy (non-hydrogen) atoms. The number of benzene rings is 1. The van der Waals surface area contributed by atoms with E-state index in [0.29, 0.717) is 51.0 Å². The molecule has 4 heterocycles. The number of thiazole rings is 1. The van der Waals surface area contributed by atoms with Crippen molar-refractivity contribution < 1.29 is 33.7 Å². The van der Waals surface area contributed by atoms with Gasteiger partial charge in [-0.05, 0) is 70.3 Å². The average Bonchev–Trinajstić information content (AvgIpc) is 3.82. The van der Waals surface area contributed by atoms with Crippen LogP contribution in [0, 0.1) is 11.8 Å². The summed E-state index contributed by atoms with van der Waals surface area (Å²) in [6.45, 7) is 13.9. The van der Waals surface area contributed by atoms with Gasteiger partial charge in [-0.25, -0.2) is 9.78 Å². The van der Waals surface area contributed by atoms with E-state index in [4.69, 9.17) is 22.1 Å². The van der Waals surface area contributed by atoms with Crippen molar-refractivity contribution in [3.8, 4) is 10.7 Å². The number of aryl methyl sites for hydroxylation is 1. The normalized spacial score (nSPS) is 32.4. The number of para-hydroxylation sites is 1. The number of aromatic nitrogens is 4. The van der Waals surface area contributed by atoms with Crippen LogP contribution < -0.4 is 0 Å². The number of methoxy groups -OCH3 is 1. The first-order valence-electron chi connectivity index (χ1n) is 18.3. The highest BCUT2D eigenvalue weighted by Crippen LogP contribution is 2.41. The first-order valence-corrected chi connectivity index (χ1v) is 19.1. The van der Waals surface area contributed by atoms with Gasteiger partial charge in [0.1, 0.15) is 22.6 Å². The largest absolute Gasteiger partial charge is 0.438 e. The fourth-order valence-corrected chi connectivity index (χ4v) is 8.85. The van der Waals surface area contributed by atoms with Gasteiger partial charge < -0.3 is 24.2 Å². The second-order valence-corrected chi connectivity index (χ2v) is 16.0. The number of unbranched alkanes of at least 4 members (excludes halogenated alkanes) is 1. The number of aliphatic hydroxyl groups excluding tert-OH is 1. The van der Waals surface area contributed by atoms with Crippen molar-refractivity contribution >= 4 is 47.2 Å². The quantitative estimate of drug-likeness (QED) is 0.240. The van der Waals surface area contributed by atoms with Crippen molar-refractivity contribution in [2.75, 3.05) is 20.2 Å². The zero-order valence-electron chi connectivity index (χ0n) is 31.7. The molecule has 2 radical (unpaired) electrons. The summed E-state index contributed by atoms with van der Waals surface area (Å²) in [5.74, 6) is -2.02. The molecule has 3 aromatic rings. The molecule has 1 N–H and O–H groups in total. The Kier molecular flexibility index (Phi) is 12.5. The average molecular weight is 737 g/mol. The second kappa shape index (κ2) is 16.3. The molecule has 0 bridgehead atoms. The Labute approximate surface area is 311 Å². The third-order valence-corrected chi connectivity index (χ3v) is 12.1. The summed E-state index contributed by atoms with van der Waals surface area (Å²) >= 11 is 1.57. The van der Waals surface area contributed by atoms with Crippen molar-refractivity contribution in [3.05, 3.63) is 30.5 Å². The molecule has 1 unspecified atom stereocenters. The van der Waals surface area contributed by atoms with E-state index in [1.165, 1.54) is 6.92 Å². The van der Waals surface area contributed by atoms with Gasteiger partial charge in [-0.3, -0.25) is 19.2 Å². The smallest absolute Gasteiger partial charge is 0.410 e. The molecule has 0 aliphatic carbocycles. The molecule has 15 heteroatoms. The summed E-state index contributed by atoms with van der Waals surface area (Å²) in [4.78, 5) is 48.7. The van der Waals surface area contributed by atoms with Crippen molar-refractivity contribution in [2.45, 2.75) is 129 Å². The summed E-state index contributed by atoms with van der Waals surface area (Å²) in [5, 5.41) is 20.7. The van der Waals surface area contributed by atoms with Crippen LogP contribution in [0.2, 0.25) is 5.82 Å². The molecular weight excluding hydrogens is 683 g/mol. The Morgan fingerprint density at radius 1 is 1.15 bits per heavy atom. The minimum absolute atomic E-state index is 0.0250. The predicted octanol–water partition coefficient (Wildman–Crippen LogP) is 5.26. The molecule has 282 valence electrons.